The van der Waals surface area contributed by atoms with E-state index in [9.17, 15) is 9.59 Å². The van der Waals surface area contributed by atoms with Gasteiger partial charge in [-0.2, -0.15) is 0 Å². The third-order valence-corrected chi connectivity index (χ3v) is 5.09. The molecule has 0 saturated carbocycles. The van der Waals surface area contributed by atoms with Crippen LogP contribution in [0.2, 0.25) is 5.15 Å². The number of carbonyl (C=O) groups is 2. The Morgan fingerprint density at radius 2 is 1.60 bits per heavy atom. The summed E-state index contributed by atoms with van der Waals surface area (Å²) in [6, 6.07) is 13.4. The van der Waals surface area contributed by atoms with Crippen LogP contribution in [-0.2, 0) is 4.79 Å². The Morgan fingerprint density at radius 3 is 2.20 bits per heavy atom. The molecule has 0 saturated heterocycles. The van der Waals surface area contributed by atoms with Gasteiger partial charge in [0.05, 0.1) is 4.90 Å². The quantitative estimate of drug-likeness (QED) is 0.335. The molecule has 10 heteroatoms. The van der Waals surface area contributed by atoms with E-state index in [2.05, 4.69) is 25.9 Å². The average molecular weight is 443 g/mol. The highest BCUT2D eigenvalue weighted by Crippen LogP contribution is 2.31. The van der Waals surface area contributed by atoms with Gasteiger partial charge in [-0.25, -0.2) is 14.8 Å². The van der Waals surface area contributed by atoms with Gasteiger partial charge in [0.1, 0.15) is 11.0 Å². The van der Waals surface area contributed by atoms with Gasteiger partial charge >= 0.3 is 6.03 Å². The number of thioether (sulfide) groups is 1. The number of anilines is 4. The van der Waals surface area contributed by atoms with E-state index in [1.165, 1.54) is 18.7 Å². The lowest BCUT2D eigenvalue weighted by atomic mass is 10.2. The molecule has 0 fully saturated rings. The van der Waals surface area contributed by atoms with Crippen LogP contribution in [-0.4, -0.2) is 28.2 Å². The fourth-order valence-corrected chi connectivity index (χ4v) is 3.51. The zero-order valence-corrected chi connectivity index (χ0v) is 17.8. The summed E-state index contributed by atoms with van der Waals surface area (Å²) >= 11 is 7.54. The van der Waals surface area contributed by atoms with E-state index in [1.807, 2.05) is 6.26 Å². The molecule has 1 heterocycles. The van der Waals surface area contributed by atoms with Crippen LogP contribution in [0.25, 0.3) is 11.4 Å². The second-order valence-corrected chi connectivity index (χ2v) is 7.35. The largest absolute Gasteiger partial charge is 0.383 e. The topological polar surface area (TPSA) is 122 Å². The summed E-state index contributed by atoms with van der Waals surface area (Å²) < 4.78 is 0. The first-order chi connectivity index (χ1) is 14.4. The molecule has 0 atom stereocenters. The molecule has 0 radical (unpaired) electrons. The molecule has 0 bridgehead atoms. The lowest BCUT2D eigenvalue weighted by Gasteiger charge is -2.10. The first-order valence-electron chi connectivity index (χ1n) is 8.79. The number of benzene rings is 2. The van der Waals surface area contributed by atoms with Crippen molar-refractivity contribution in [2.45, 2.75) is 11.8 Å². The van der Waals surface area contributed by atoms with Crippen LogP contribution in [0.5, 0.6) is 0 Å². The zero-order valence-electron chi connectivity index (χ0n) is 16.2. The van der Waals surface area contributed by atoms with Crippen LogP contribution in [0.15, 0.2) is 53.4 Å². The van der Waals surface area contributed by atoms with Crippen molar-refractivity contribution in [3.63, 3.8) is 0 Å². The second-order valence-electron chi connectivity index (χ2n) is 6.17. The highest BCUT2D eigenvalue weighted by atomic mass is 35.5. The standard InChI is InChI=1S/C20H19ClN6O2S/c1-11(28)23-14-4-3-5-15(10-14)25-20(29)24-13-8-6-12(7-9-13)19-26-17(21)16(30-2)18(22)27-19/h3-10H,1-2H3,(H,23,28)(H2,22,26,27)(H2,24,25,29). The van der Waals surface area contributed by atoms with Gasteiger partial charge in [0.2, 0.25) is 5.91 Å². The summed E-state index contributed by atoms with van der Waals surface area (Å²) in [5.74, 6) is 0.536. The van der Waals surface area contributed by atoms with Gasteiger partial charge < -0.3 is 21.7 Å². The highest BCUT2D eigenvalue weighted by Gasteiger charge is 2.12. The van der Waals surface area contributed by atoms with Gasteiger partial charge in [0, 0.05) is 29.5 Å². The van der Waals surface area contributed by atoms with Crippen LogP contribution in [0, 0.1) is 0 Å². The molecule has 30 heavy (non-hydrogen) atoms. The van der Waals surface area contributed by atoms with Crippen molar-refractivity contribution in [1.82, 2.24) is 9.97 Å². The minimum Gasteiger partial charge on any atom is -0.383 e. The van der Waals surface area contributed by atoms with E-state index in [1.54, 1.807) is 48.5 Å². The Morgan fingerprint density at radius 1 is 0.967 bits per heavy atom. The van der Waals surface area contributed by atoms with Gasteiger partial charge in [-0.1, -0.05) is 17.7 Å². The molecule has 0 aliphatic carbocycles. The molecule has 0 spiro atoms. The molecule has 2 aromatic carbocycles. The number of nitrogens with two attached hydrogens (primary N) is 1. The molecule has 8 nitrogen and oxygen atoms in total. The predicted octanol–water partition coefficient (Wildman–Crippen LogP) is 4.70. The van der Waals surface area contributed by atoms with E-state index >= 15 is 0 Å². The van der Waals surface area contributed by atoms with Crippen molar-refractivity contribution in [3.8, 4) is 11.4 Å². The summed E-state index contributed by atoms with van der Waals surface area (Å²) in [4.78, 5) is 32.6. The van der Waals surface area contributed by atoms with Crippen molar-refractivity contribution in [2.75, 3.05) is 27.9 Å². The van der Waals surface area contributed by atoms with Crippen molar-refractivity contribution in [3.05, 3.63) is 53.7 Å². The maximum atomic E-state index is 12.3. The minimum absolute atomic E-state index is 0.188. The lowest BCUT2D eigenvalue weighted by Crippen LogP contribution is -2.19. The number of aromatic nitrogens is 2. The van der Waals surface area contributed by atoms with Crippen LogP contribution in [0.1, 0.15) is 6.92 Å². The Bertz CT molecular complexity index is 1070. The van der Waals surface area contributed by atoms with Crippen LogP contribution in [0.3, 0.4) is 0 Å². The molecule has 0 aliphatic heterocycles. The molecular weight excluding hydrogens is 424 g/mol. The van der Waals surface area contributed by atoms with Gasteiger partial charge in [0.25, 0.3) is 0 Å². The normalized spacial score (nSPS) is 10.4. The summed E-state index contributed by atoms with van der Waals surface area (Å²) in [6.07, 6.45) is 1.85. The van der Waals surface area contributed by atoms with Crippen molar-refractivity contribution in [1.29, 1.82) is 0 Å². The highest BCUT2D eigenvalue weighted by molar-refractivity contribution is 7.98. The predicted molar refractivity (Wildman–Crippen MR) is 122 cm³/mol. The Hall–Kier alpha value is -3.30. The van der Waals surface area contributed by atoms with Crippen molar-refractivity contribution >= 4 is 58.2 Å². The number of nitrogens with one attached hydrogen (secondary N) is 3. The molecule has 3 rings (SSSR count). The Kier molecular flexibility index (Phi) is 6.76. The fourth-order valence-electron chi connectivity index (χ4n) is 2.63. The van der Waals surface area contributed by atoms with E-state index in [0.29, 0.717) is 44.3 Å². The smallest absolute Gasteiger partial charge is 0.323 e. The number of nitrogen functional groups attached to an aromatic ring is 1. The number of hydrogen-bond donors (Lipinski definition) is 4. The molecule has 1 aromatic heterocycles. The van der Waals surface area contributed by atoms with Crippen molar-refractivity contribution < 1.29 is 9.59 Å². The SMILES string of the molecule is CSc1c(N)nc(-c2ccc(NC(=O)Nc3cccc(NC(C)=O)c3)cc2)nc1Cl. The van der Waals surface area contributed by atoms with Crippen LogP contribution < -0.4 is 21.7 Å². The maximum Gasteiger partial charge on any atom is 0.323 e. The minimum atomic E-state index is -0.421. The van der Waals surface area contributed by atoms with E-state index < -0.39 is 6.03 Å². The maximum absolute atomic E-state index is 12.3. The number of hydrogen-bond acceptors (Lipinski definition) is 6. The Balaban J connectivity index is 1.67. The third kappa shape index (κ3) is 5.40. The van der Waals surface area contributed by atoms with Crippen molar-refractivity contribution in [2.24, 2.45) is 0 Å². The molecule has 0 aliphatic rings. The molecule has 0 unspecified atom stereocenters. The number of halogens is 1. The van der Waals surface area contributed by atoms with E-state index in [0.717, 1.165) is 0 Å². The van der Waals surface area contributed by atoms with Crippen LogP contribution >= 0.6 is 23.4 Å². The molecule has 3 aromatic rings. The molecule has 154 valence electrons. The average Bonchev–Trinajstić information content (AvgIpc) is 2.68. The van der Waals surface area contributed by atoms with Gasteiger partial charge in [-0.3, -0.25) is 4.79 Å². The van der Waals surface area contributed by atoms with Gasteiger partial charge in [0.15, 0.2) is 5.82 Å². The molecule has 5 N–H and O–H groups in total. The molecular formula is C20H19ClN6O2S. The first-order valence-corrected chi connectivity index (χ1v) is 10.4. The number of carbonyl (C=O) groups excluding carboxylic acids is 2. The van der Waals surface area contributed by atoms with Gasteiger partial charge in [-0.15, -0.1) is 11.8 Å². The Labute approximate surface area is 182 Å². The van der Waals surface area contributed by atoms with E-state index in [4.69, 9.17) is 17.3 Å². The molecule has 3 amide bonds. The zero-order chi connectivity index (χ0) is 21.7. The third-order valence-electron chi connectivity index (χ3n) is 3.90. The second kappa shape index (κ2) is 9.47. The lowest BCUT2D eigenvalue weighted by molar-refractivity contribution is -0.114. The summed E-state index contributed by atoms with van der Waals surface area (Å²) in [6.45, 7) is 1.42. The first kappa shape index (κ1) is 21.4. The number of nitrogens with zero attached hydrogens (tertiary/aromatic N) is 2. The number of rotatable bonds is 5. The monoisotopic (exact) mass is 442 g/mol. The number of urea groups is 1. The van der Waals surface area contributed by atoms with Gasteiger partial charge in [-0.05, 0) is 48.7 Å². The number of amides is 3. The van der Waals surface area contributed by atoms with Crippen LogP contribution in [0.4, 0.5) is 27.7 Å². The summed E-state index contributed by atoms with van der Waals surface area (Å²) in [5.41, 5.74) is 8.36. The summed E-state index contributed by atoms with van der Waals surface area (Å²) in [5, 5.41) is 8.42. The fraction of sp³-hybridized carbons (Fsp3) is 0.100. The summed E-state index contributed by atoms with van der Waals surface area (Å²) in [7, 11) is 0. The van der Waals surface area contributed by atoms with E-state index in [-0.39, 0.29) is 5.91 Å².